The Morgan fingerprint density at radius 1 is 1.57 bits per heavy atom. The van der Waals surface area contributed by atoms with Gasteiger partial charge in [-0.25, -0.2) is 0 Å². The number of nitrogens with zero attached hydrogens (tertiary/aromatic N) is 1. The first-order valence-corrected chi connectivity index (χ1v) is 4.80. The lowest BCUT2D eigenvalue weighted by Crippen LogP contribution is -2.08. The molecule has 3 heteroatoms. The summed E-state index contributed by atoms with van der Waals surface area (Å²) in [6.45, 7) is 6.18. The summed E-state index contributed by atoms with van der Waals surface area (Å²) in [7, 11) is 1.93. The predicted molar refractivity (Wildman–Crippen MR) is 55.6 cm³/mol. The standard InChI is InChI=1S/C11H17NO2/c1-7(2)9-5-8(3)10(12(9)4)6-11(13)14/h5,7H,6H2,1-4H3,(H,13,14). The zero-order valence-electron chi connectivity index (χ0n) is 9.16. The number of hydrogen-bond acceptors (Lipinski definition) is 1. The van der Waals surface area contributed by atoms with Crippen molar-refractivity contribution >= 4 is 5.97 Å². The molecule has 3 nitrogen and oxygen atoms in total. The van der Waals surface area contributed by atoms with Crippen LogP contribution >= 0.6 is 0 Å². The molecule has 0 spiro atoms. The third-order valence-electron chi connectivity index (χ3n) is 2.52. The number of aryl methyl sites for hydroxylation is 1. The molecule has 0 saturated carbocycles. The van der Waals surface area contributed by atoms with Gasteiger partial charge in [-0.15, -0.1) is 0 Å². The van der Waals surface area contributed by atoms with Gasteiger partial charge in [0.2, 0.25) is 0 Å². The minimum atomic E-state index is -0.774. The van der Waals surface area contributed by atoms with Gasteiger partial charge in [-0.3, -0.25) is 4.79 Å². The highest BCUT2D eigenvalue weighted by atomic mass is 16.4. The molecule has 0 unspecified atom stereocenters. The van der Waals surface area contributed by atoms with Crippen molar-refractivity contribution in [3.8, 4) is 0 Å². The molecule has 0 aromatic carbocycles. The van der Waals surface area contributed by atoms with Crippen molar-refractivity contribution < 1.29 is 9.90 Å². The predicted octanol–water partition coefficient (Wildman–Crippen LogP) is 2.08. The van der Waals surface area contributed by atoms with E-state index in [-0.39, 0.29) is 6.42 Å². The molecule has 1 aromatic heterocycles. The van der Waals surface area contributed by atoms with Crippen LogP contribution in [-0.4, -0.2) is 15.6 Å². The minimum Gasteiger partial charge on any atom is -0.481 e. The summed E-state index contributed by atoms with van der Waals surface area (Å²) in [6, 6.07) is 2.07. The van der Waals surface area contributed by atoms with Gasteiger partial charge >= 0.3 is 5.97 Å². The largest absolute Gasteiger partial charge is 0.481 e. The molecular weight excluding hydrogens is 178 g/mol. The van der Waals surface area contributed by atoms with Gasteiger partial charge in [0.15, 0.2) is 0 Å². The van der Waals surface area contributed by atoms with Crippen LogP contribution in [-0.2, 0) is 18.3 Å². The molecular formula is C11H17NO2. The second-order valence-corrected chi connectivity index (χ2v) is 3.98. The highest BCUT2D eigenvalue weighted by Gasteiger charge is 2.13. The van der Waals surface area contributed by atoms with Gasteiger partial charge < -0.3 is 9.67 Å². The molecule has 0 aliphatic rings. The van der Waals surface area contributed by atoms with Crippen LogP contribution in [0.5, 0.6) is 0 Å². The first-order valence-electron chi connectivity index (χ1n) is 4.80. The topological polar surface area (TPSA) is 42.2 Å². The van der Waals surface area contributed by atoms with Crippen molar-refractivity contribution in [3.05, 3.63) is 23.0 Å². The van der Waals surface area contributed by atoms with Crippen molar-refractivity contribution in [2.75, 3.05) is 0 Å². The van der Waals surface area contributed by atoms with Crippen molar-refractivity contribution in [3.63, 3.8) is 0 Å². The highest BCUT2D eigenvalue weighted by Crippen LogP contribution is 2.21. The molecule has 1 heterocycles. The Bertz CT molecular complexity index is 350. The lowest BCUT2D eigenvalue weighted by atomic mass is 10.1. The Labute approximate surface area is 84.4 Å². The zero-order valence-corrected chi connectivity index (χ0v) is 9.16. The lowest BCUT2D eigenvalue weighted by molar-refractivity contribution is -0.136. The van der Waals surface area contributed by atoms with Crippen LogP contribution in [0.2, 0.25) is 0 Å². The summed E-state index contributed by atoms with van der Waals surface area (Å²) in [5.41, 5.74) is 3.17. The van der Waals surface area contributed by atoms with Crippen LogP contribution < -0.4 is 0 Å². The van der Waals surface area contributed by atoms with Crippen molar-refractivity contribution in [2.24, 2.45) is 7.05 Å². The lowest BCUT2D eigenvalue weighted by Gasteiger charge is -2.09. The van der Waals surface area contributed by atoms with Crippen molar-refractivity contribution in [1.29, 1.82) is 0 Å². The Hall–Kier alpha value is -1.25. The van der Waals surface area contributed by atoms with E-state index in [0.717, 1.165) is 11.3 Å². The van der Waals surface area contributed by atoms with E-state index in [4.69, 9.17) is 5.11 Å². The molecule has 1 rings (SSSR count). The second-order valence-electron chi connectivity index (χ2n) is 3.98. The molecule has 0 atom stereocenters. The Morgan fingerprint density at radius 3 is 2.50 bits per heavy atom. The number of rotatable bonds is 3. The molecule has 0 fully saturated rings. The fraction of sp³-hybridized carbons (Fsp3) is 0.545. The smallest absolute Gasteiger partial charge is 0.309 e. The van der Waals surface area contributed by atoms with Crippen LogP contribution in [0, 0.1) is 6.92 Å². The number of carboxylic acid groups (broad SMARTS) is 1. The van der Waals surface area contributed by atoms with E-state index < -0.39 is 5.97 Å². The first kappa shape index (κ1) is 10.8. The Morgan fingerprint density at radius 2 is 2.14 bits per heavy atom. The van der Waals surface area contributed by atoms with Crippen LogP contribution in [0.1, 0.15) is 36.7 Å². The number of aliphatic carboxylic acids is 1. The average molecular weight is 195 g/mol. The van der Waals surface area contributed by atoms with E-state index in [2.05, 4.69) is 19.9 Å². The fourth-order valence-electron chi connectivity index (χ4n) is 1.78. The van der Waals surface area contributed by atoms with Gasteiger partial charge in [0.25, 0.3) is 0 Å². The number of carboxylic acids is 1. The monoisotopic (exact) mass is 195 g/mol. The van der Waals surface area contributed by atoms with Crippen molar-refractivity contribution in [2.45, 2.75) is 33.1 Å². The molecule has 1 aromatic rings. The molecule has 78 valence electrons. The quantitative estimate of drug-likeness (QED) is 0.802. The van der Waals surface area contributed by atoms with Crippen LogP contribution in [0.3, 0.4) is 0 Å². The third kappa shape index (κ3) is 1.97. The summed E-state index contributed by atoms with van der Waals surface area (Å²) >= 11 is 0. The molecule has 14 heavy (non-hydrogen) atoms. The van der Waals surface area contributed by atoms with Gasteiger partial charge in [-0.2, -0.15) is 0 Å². The van der Waals surface area contributed by atoms with E-state index in [1.54, 1.807) is 0 Å². The molecule has 0 radical (unpaired) electrons. The molecule has 0 aliphatic carbocycles. The summed E-state index contributed by atoms with van der Waals surface area (Å²) in [6.07, 6.45) is 0.106. The third-order valence-corrected chi connectivity index (χ3v) is 2.52. The normalized spacial score (nSPS) is 10.9. The van der Waals surface area contributed by atoms with Crippen LogP contribution in [0.25, 0.3) is 0 Å². The Balaban J connectivity index is 3.11. The first-order chi connectivity index (χ1) is 6.43. The van der Waals surface area contributed by atoms with E-state index >= 15 is 0 Å². The maximum absolute atomic E-state index is 10.6. The molecule has 1 N–H and O–H groups in total. The molecule has 0 saturated heterocycles. The summed E-state index contributed by atoms with van der Waals surface area (Å²) < 4.78 is 1.99. The SMILES string of the molecule is Cc1cc(C(C)C)n(C)c1CC(=O)O. The number of carbonyl (C=O) groups is 1. The minimum absolute atomic E-state index is 0.106. The summed E-state index contributed by atoms with van der Waals surface area (Å²) in [4.78, 5) is 10.6. The summed E-state index contributed by atoms with van der Waals surface area (Å²) in [5.74, 6) is -0.342. The zero-order chi connectivity index (χ0) is 10.9. The average Bonchev–Trinajstić information content (AvgIpc) is 2.31. The van der Waals surface area contributed by atoms with Gasteiger partial charge in [0.1, 0.15) is 0 Å². The highest BCUT2D eigenvalue weighted by molar-refractivity contribution is 5.70. The molecule has 0 bridgehead atoms. The van der Waals surface area contributed by atoms with Gasteiger partial charge in [0, 0.05) is 18.4 Å². The fourth-order valence-corrected chi connectivity index (χ4v) is 1.78. The van der Waals surface area contributed by atoms with E-state index in [1.807, 2.05) is 18.5 Å². The van der Waals surface area contributed by atoms with Gasteiger partial charge in [-0.1, -0.05) is 13.8 Å². The Kier molecular flexibility index (Phi) is 2.99. The van der Waals surface area contributed by atoms with E-state index in [0.29, 0.717) is 5.92 Å². The van der Waals surface area contributed by atoms with Crippen LogP contribution in [0.4, 0.5) is 0 Å². The van der Waals surface area contributed by atoms with Crippen LogP contribution in [0.15, 0.2) is 6.07 Å². The number of hydrogen-bond donors (Lipinski definition) is 1. The molecule has 0 aliphatic heterocycles. The maximum atomic E-state index is 10.6. The maximum Gasteiger partial charge on any atom is 0.309 e. The van der Waals surface area contributed by atoms with Crippen molar-refractivity contribution in [1.82, 2.24) is 4.57 Å². The van der Waals surface area contributed by atoms with E-state index in [9.17, 15) is 4.79 Å². The summed E-state index contributed by atoms with van der Waals surface area (Å²) in [5, 5.41) is 8.75. The number of aromatic nitrogens is 1. The van der Waals surface area contributed by atoms with E-state index in [1.165, 1.54) is 5.69 Å². The molecule has 0 amide bonds. The van der Waals surface area contributed by atoms with Gasteiger partial charge in [-0.05, 0) is 24.5 Å². The second kappa shape index (κ2) is 3.86. The van der Waals surface area contributed by atoms with Gasteiger partial charge in [0.05, 0.1) is 6.42 Å².